The van der Waals surface area contributed by atoms with Crippen LogP contribution in [0.5, 0.6) is 11.5 Å². The van der Waals surface area contributed by atoms with Crippen molar-refractivity contribution in [3.63, 3.8) is 0 Å². The lowest BCUT2D eigenvalue weighted by atomic mass is 9.84. The number of hydrogen-bond donors (Lipinski definition) is 2. The molecule has 2 N–H and O–H groups in total. The van der Waals surface area contributed by atoms with Gasteiger partial charge in [-0.2, -0.15) is 0 Å². The first kappa shape index (κ1) is 21.5. The van der Waals surface area contributed by atoms with Crippen molar-refractivity contribution in [3.05, 3.63) is 57.6 Å². The summed E-state index contributed by atoms with van der Waals surface area (Å²) in [7, 11) is 0. The number of benzene rings is 2. The average molecular weight is 375 g/mol. The van der Waals surface area contributed by atoms with E-state index in [9.17, 15) is 10.2 Å². The zero-order valence-electron chi connectivity index (χ0n) is 18.2. The van der Waals surface area contributed by atoms with E-state index in [0.717, 1.165) is 22.3 Å². The Hall–Kier alpha value is -2.84. The molecule has 146 valence electrons. The van der Waals surface area contributed by atoms with Gasteiger partial charge in [-0.1, -0.05) is 53.7 Å². The lowest BCUT2D eigenvalue weighted by molar-refractivity contribution is 0.444. The third-order valence-corrected chi connectivity index (χ3v) is 4.58. The predicted molar refractivity (Wildman–Crippen MR) is 117 cm³/mol. The molecule has 0 atom stereocenters. The Morgan fingerprint density at radius 2 is 0.929 bits per heavy atom. The zero-order valence-corrected chi connectivity index (χ0v) is 18.2. The van der Waals surface area contributed by atoms with Gasteiger partial charge in [-0.15, -0.1) is 0 Å². The summed E-state index contributed by atoms with van der Waals surface area (Å²) in [4.78, 5) is 0. The monoisotopic (exact) mass is 374 g/mol. The molecule has 0 amide bonds. The van der Waals surface area contributed by atoms with Gasteiger partial charge in [0.2, 0.25) is 0 Å². The number of phenolic OH excluding ortho intramolecular Hbond substituents is 2. The maximum Gasteiger partial charge on any atom is 0.134 e. The van der Waals surface area contributed by atoms with Crippen LogP contribution in [-0.4, -0.2) is 10.2 Å². The van der Waals surface area contributed by atoms with Gasteiger partial charge in [0.25, 0.3) is 0 Å². The van der Waals surface area contributed by atoms with Crippen LogP contribution in [0.2, 0.25) is 0 Å². The summed E-state index contributed by atoms with van der Waals surface area (Å²) in [6, 6.07) is 7.71. The van der Waals surface area contributed by atoms with Gasteiger partial charge in [-0.3, -0.25) is 0 Å². The van der Waals surface area contributed by atoms with Crippen LogP contribution in [0.1, 0.15) is 74.9 Å². The van der Waals surface area contributed by atoms with Crippen LogP contribution in [0.4, 0.5) is 0 Å². The first-order valence-corrected chi connectivity index (χ1v) is 9.51. The maximum atomic E-state index is 10.6. The van der Waals surface area contributed by atoms with E-state index in [1.165, 1.54) is 0 Å². The molecule has 0 aliphatic carbocycles. The van der Waals surface area contributed by atoms with Crippen molar-refractivity contribution in [1.82, 2.24) is 0 Å². The van der Waals surface area contributed by atoms with Crippen molar-refractivity contribution >= 4 is 0 Å². The zero-order chi connectivity index (χ0) is 21.3. The molecule has 28 heavy (non-hydrogen) atoms. The van der Waals surface area contributed by atoms with Crippen molar-refractivity contribution in [1.29, 1.82) is 0 Å². The molecule has 2 nitrogen and oxygen atoms in total. The molecule has 0 saturated carbocycles. The fourth-order valence-corrected chi connectivity index (χ4v) is 3.09. The Labute approximate surface area is 169 Å². The van der Waals surface area contributed by atoms with E-state index in [-0.39, 0.29) is 22.3 Å². The molecule has 0 saturated heterocycles. The standard InChI is InChI=1S/C26H30O2/c1-17-13-19(23(27)21(15-17)25(3,4)5)11-9-10-12-20-14-18(2)16-22(24(20)28)26(6,7)8/h13-16,27-28H,1-8H3. The highest BCUT2D eigenvalue weighted by molar-refractivity contribution is 5.58. The molecular weight excluding hydrogens is 344 g/mol. The van der Waals surface area contributed by atoms with E-state index in [2.05, 4.69) is 65.2 Å². The molecule has 0 aliphatic heterocycles. The van der Waals surface area contributed by atoms with Crippen LogP contribution in [0.15, 0.2) is 24.3 Å². The highest BCUT2D eigenvalue weighted by Crippen LogP contribution is 2.35. The minimum atomic E-state index is -0.172. The van der Waals surface area contributed by atoms with E-state index in [1.807, 2.05) is 38.1 Å². The molecule has 2 aromatic rings. The van der Waals surface area contributed by atoms with E-state index < -0.39 is 0 Å². The Morgan fingerprint density at radius 1 is 0.607 bits per heavy atom. The van der Waals surface area contributed by atoms with E-state index >= 15 is 0 Å². The van der Waals surface area contributed by atoms with Gasteiger partial charge in [0.05, 0.1) is 11.1 Å². The minimum Gasteiger partial charge on any atom is -0.506 e. The summed E-state index contributed by atoms with van der Waals surface area (Å²) in [5, 5.41) is 21.2. The minimum absolute atomic E-state index is 0.172. The molecule has 0 bridgehead atoms. The Morgan fingerprint density at radius 3 is 1.21 bits per heavy atom. The third kappa shape index (κ3) is 4.90. The quantitative estimate of drug-likeness (QED) is 0.580. The number of phenols is 2. The lowest BCUT2D eigenvalue weighted by Gasteiger charge is -2.21. The average Bonchev–Trinajstić information content (AvgIpc) is 2.54. The summed E-state index contributed by atoms with van der Waals surface area (Å²) < 4.78 is 0. The van der Waals surface area contributed by atoms with E-state index in [4.69, 9.17) is 0 Å². The number of aromatic hydroxyl groups is 2. The molecule has 0 aromatic heterocycles. The summed E-state index contributed by atoms with van der Waals surface area (Å²) in [6.07, 6.45) is 0. The molecule has 0 unspecified atom stereocenters. The van der Waals surface area contributed by atoms with Gasteiger partial charge in [0.15, 0.2) is 0 Å². The van der Waals surface area contributed by atoms with Gasteiger partial charge in [0, 0.05) is 11.1 Å². The van der Waals surface area contributed by atoms with E-state index in [1.54, 1.807) is 0 Å². The van der Waals surface area contributed by atoms with Crippen LogP contribution in [-0.2, 0) is 10.8 Å². The molecule has 0 radical (unpaired) electrons. The van der Waals surface area contributed by atoms with Crippen LogP contribution in [0.3, 0.4) is 0 Å². The predicted octanol–water partition coefficient (Wildman–Crippen LogP) is 5.71. The van der Waals surface area contributed by atoms with Crippen LogP contribution in [0.25, 0.3) is 0 Å². The normalized spacial score (nSPS) is 11.3. The summed E-state index contributed by atoms with van der Waals surface area (Å²) >= 11 is 0. The molecule has 2 aromatic carbocycles. The Bertz CT molecular complexity index is 936. The largest absolute Gasteiger partial charge is 0.506 e. The number of rotatable bonds is 0. The van der Waals surface area contributed by atoms with Gasteiger partial charge < -0.3 is 10.2 Å². The van der Waals surface area contributed by atoms with Gasteiger partial charge in [-0.05, 0) is 71.6 Å². The molecule has 2 heteroatoms. The fourth-order valence-electron chi connectivity index (χ4n) is 3.09. The van der Waals surface area contributed by atoms with Crippen molar-refractivity contribution in [2.24, 2.45) is 0 Å². The highest BCUT2D eigenvalue weighted by atomic mass is 16.3. The van der Waals surface area contributed by atoms with Gasteiger partial charge in [0.1, 0.15) is 11.5 Å². The molecule has 0 spiro atoms. The fraction of sp³-hybridized carbons (Fsp3) is 0.385. The van der Waals surface area contributed by atoms with Crippen molar-refractivity contribution in [2.45, 2.75) is 66.2 Å². The second kappa shape index (κ2) is 7.65. The summed E-state index contributed by atoms with van der Waals surface area (Å²) in [6.45, 7) is 16.3. The molecule has 0 fully saturated rings. The topological polar surface area (TPSA) is 40.5 Å². The van der Waals surface area contributed by atoms with Crippen molar-refractivity contribution in [3.8, 4) is 35.2 Å². The summed E-state index contributed by atoms with van der Waals surface area (Å²) in [5.41, 5.74) is 4.64. The Kier molecular flexibility index (Phi) is 5.86. The van der Waals surface area contributed by atoms with Crippen molar-refractivity contribution in [2.75, 3.05) is 0 Å². The number of hydrogen-bond acceptors (Lipinski definition) is 2. The maximum absolute atomic E-state index is 10.6. The summed E-state index contributed by atoms with van der Waals surface area (Å²) in [5.74, 6) is 12.0. The molecule has 0 aliphatic rings. The SMILES string of the molecule is Cc1cc(C#CC#Cc2cc(C)cc(C(C)(C)C)c2O)c(O)c(C(C)(C)C)c1. The third-order valence-electron chi connectivity index (χ3n) is 4.58. The van der Waals surface area contributed by atoms with Crippen LogP contribution in [0, 0.1) is 37.5 Å². The van der Waals surface area contributed by atoms with Crippen molar-refractivity contribution < 1.29 is 10.2 Å². The Balaban J connectivity index is 2.45. The smallest absolute Gasteiger partial charge is 0.134 e. The molecule has 0 heterocycles. The second-order valence-corrected chi connectivity index (χ2v) is 9.42. The highest BCUT2D eigenvalue weighted by Gasteiger charge is 2.21. The lowest BCUT2D eigenvalue weighted by Crippen LogP contribution is -2.12. The molecule has 2 rings (SSSR count). The molecular formula is C26H30O2. The second-order valence-electron chi connectivity index (χ2n) is 9.42. The first-order valence-electron chi connectivity index (χ1n) is 9.51. The van der Waals surface area contributed by atoms with Gasteiger partial charge >= 0.3 is 0 Å². The first-order chi connectivity index (χ1) is 12.8. The van der Waals surface area contributed by atoms with Gasteiger partial charge in [-0.25, -0.2) is 0 Å². The van der Waals surface area contributed by atoms with Crippen LogP contribution < -0.4 is 0 Å². The number of aryl methyl sites for hydroxylation is 2. The van der Waals surface area contributed by atoms with Crippen LogP contribution >= 0.6 is 0 Å². The van der Waals surface area contributed by atoms with E-state index in [0.29, 0.717) is 11.1 Å².